The quantitative estimate of drug-likeness (QED) is 0.798. The van der Waals surface area contributed by atoms with Crippen molar-refractivity contribution in [3.05, 3.63) is 71.3 Å². The van der Waals surface area contributed by atoms with Crippen LogP contribution < -0.4 is 5.32 Å². The van der Waals surface area contributed by atoms with E-state index in [9.17, 15) is 0 Å². The third-order valence-electron chi connectivity index (χ3n) is 3.88. The van der Waals surface area contributed by atoms with Gasteiger partial charge in [0.15, 0.2) is 0 Å². The molecule has 1 atom stereocenters. The van der Waals surface area contributed by atoms with Crippen LogP contribution in [0.4, 0.5) is 0 Å². The molecule has 0 spiro atoms. The molecule has 0 amide bonds. The molecule has 0 radical (unpaired) electrons. The zero-order valence-corrected chi connectivity index (χ0v) is 11.0. The maximum absolute atomic E-state index is 3.68. The van der Waals surface area contributed by atoms with Gasteiger partial charge in [0.2, 0.25) is 0 Å². The van der Waals surface area contributed by atoms with Crippen LogP contribution in [0.1, 0.15) is 36.6 Å². The molecule has 1 heterocycles. The van der Waals surface area contributed by atoms with Crippen molar-refractivity contribution in [3.63, 3.8) is 0 Å². The molecule has 1 nitrogen and oxygen atoms in total. The number of hydrogen-bond acceptors (Lipinski definition) is 1. The number of rotatable bonds is 1. The summed E-state index contributed by atoms with van der Waals surface area (Å²) in [5.41, 5.74) is 4.44. The third kappa shape index (κ3) is 1.85. The van der Waals surface area contributed by atoms with Crippen LogP contribution in [0.5, 0.6) is 0 Å². The van der Waals surface area contributed by atoms with E-state index in [1.807, 2.05) is 0 Å². The Hall–Kier alpha value is -1.60. The topological polar surface area (TPSA) is 12.0 Å². The minimum Gasteiger partial charge on any atom is -0.305 e. The van der Waals surface area contributed by atoms with Gasteiger partial charge < -0.3 is 5.32 Å². The summed E-state index contributed by atoms with van der Waals surface area (Å²) in [5, 5.41) is 3.68. The van der Waals surface area contributed by atoms with Crippen molar-refractivity contribution < 1.29 is 0 Å². The van der Waals surface area contributed by atoms with Crippen LogP contribution in [0.3, 0.4) is 0 Å². The Labute approximate surface area is 109 Å². The van der Waals surface area contributed by atoms with Crippen LogP contribution in [-0.4, -0.2) is 6.54 Å². The average Bonchev–Trinajstić information content (AvgIpc) is 2.40. The lowest BCUT2D eigenvalue weighted by Gasteiger charge is -2.38. The molecule has 1 aliphatic rings. The van der Waals surface area contributed by atoms with Gasteiger partial charge in [-0.2, -0.15) is 0 Å². The zero-order chi connectivity index (χ0) is 12.6. The highest BCUT2D eigenvalue weighted by atomic mass is 14.9. The molecule has 0 fully saturated rings. The summed E-state index contributed by atoms with van der Waals surface area (Å²) in [6, 6.07) is 19.8. The van der Waals surface area contributed by atoms with Crippen molar-refractivity contribution in [1.29, 1.82) is 0 Å². The second-order valence-corrected chi connectivity index (χ2v) is 5.70. The molecule has 0 saturated heterocycles. The van der Waals surface area contributed by atoms with Gasteiger partial charge in [-0.25, -0.2) is 0 Å². The zero-order valence-electron chi connectivity index (χ0n) is 11.0. The lowest BCUT2D eigenvalue weighted by atomic mass is 9.75. The van der Waals surface area contributed by atoms with Gasteiger partial charge in [-0.3, -0.25) is 0 Å². The fourth-order valence-electron chi connectivity index (χ4n) is 2.87. The minimum atomic E-state index is 0.210. The molecule has 1 N–H and O–H groups in total. The Kier molecular flexibility index (Phi) is 2.71. The standard InChI is InChI=1S/C17H19N/c1-17(2)12-18-16(13-8-4-3-5-9-13)14-10-6-7-11-15(14)17/h3-11,16,18H,12H2,1-2H3/t16-/m0/s1. The van der Waals surface area contributed by atoms with Gasteiger partial charge in [-0.1, -0.05) is 68.4 Å². The predicted octanol–water partition coefficient (Wildman–Crippen LogP) is 3.66. The molecule has 0 unspecified atom stereocenters. The van der Waals surface area contributed by atoms with Gasteiger partial charge in [0, 0.05) is 12.0 Å². The molecular weight excluding hydrogens is 218 g/mol. The Balaban J connectivity index is 2.11. The smallest absolute Gasteiger partial charge is 0.0579 e. The van der Waals surface area contributed by atoms with Gasteiger partial charge in [-0.15, -0.1) is 0 Å². The molecular formula is C17H19N. The summed E-state index contributed by atoms with van der Waals surface area (Å²) in [5.74, 6) is 0. The Bertz CT molecular complexity index is 543. The highest BCUT2D eigenvalue weighted by Gasteiger charge is 2.32. The molecule has 0 aromatic heterocycles. The van der Waals surface area contributed by atoms with Crippen LogP contribution in [-0.2, 0) is 5.41 Å². The van der Waals surface area contributed by atoms with E-state index in [2.05, 4.69) is 73.8 Å². The molecule has 0 saturated carbocycles. The van der Waals surface area contributed by atoms with Crippen molar-refractivity contribution in [2.75, 3.05) is 6.54 Å². The van der Waals surface area contributed by atoms with Gasteiger partial charge >= 0.3 is 0 Å². The minimum absolute atomic E-state index is 0.210. The van der Waals surface area contributed by atoms with Crippen LogP contribution in [0.25, 0.3) is 0 Å². The van der Waals surface area contributed by atoms with Gasteiger partial charge in [-0.05, 0) is 16.7 Å². The second kappa shape index (κ2) is 4.25. The van der Waals surface area contributed by atoms with Crippen molar-refractivity contribution in [2.24, 2.45) is 0 Å². The monoisotopic (exact) mass is 237 g/mol. The van der Waals surface area contributed by atoms with E-state index in [1.165, 1.54) is 16.7 Å². The summed E-state index contributed by atoms with van der Waals surface area (Å²) < 4.78 is 0. The molecule has 92 valence electrons. The summed E-state index contributed by atoms with van der Waals surface area (Å²) in [6.45, 7) is 5.63. The lowest BCUT2D eigenvalue weighted by molar-refractivity contribution is 0.407. The van der Waals surface area contributed by atoms with Crippen LogP contribution >= 0.6 is 0 Å². The fourth-order valence-corrected chi connectivity index (χ4v) is 2.87. The molecule has 18 heavy (non-hydrogen) atoms. The maximum Gasteiger partial charge on any atom is 0.0579 e. The van der Waals surface area contributed by atoms with E-state index < -0.39 is 0 Å². The van der Waals surface area contributed by atoms with E-state index in [4.69, 9.17) is 0 Å². The number of hydrogen-bond donors (Lipinski definition) is 1. The lowest BCUT2D eigenvalue weighted by Crippen LogP contribution is -2.42. The number of fused-ring (bicyclic) bond motifs is 1. The maximum atomic E-state index is 3.68. The van der Waals surface area contributed by atoms with Gasteiger partial charge in [0.25, 0.3) is 0 Å². The summed E-state index contributed by atoms with van der Waals surface area (Å²) in [6.07, 6.45) is 0. The first kappa shape index (κ1) is 11.5. The van der Waals surface area contributed by atoms with Crippen molar-refractivity contribution >= 4 is 0 Å². The molecule has 3 rings (SSSR count). The number of benzene rings is 2. The van der Waals surface area contributed by atoms with E-state index in [0.29, 0.717) is 6.04 Å². The Morgan fingerprint density at radius 2 is 1.61 bits per heavy atom. The fraction of sp³-hybridized carbons (Fsp3) is 0.294. The molecule has 1 heteroatoms. The predicted molar refractivity (Wildman–Crippen MR) is 75.8 cm³/mol. The summed E-state index contributed by atoms with van der Waals surface area (Å²) >= 11 is 0. The highest BCUT2D eigenvalue weighted by molar-refractivity contribution is 5.43. The van der Waals surface area contributed by atoms with E-state index in [1.54, 1.807) is 0 Å². The third-order valence-corrected chi connectivity index (χ3v) is 3.88. The molecule has 2 aromatic carbocycles. The number of nitrogens with one attached hydrogen (secondary N) is 1. The van der Waals surface area contributed by atoms with Gasteiger partial charge in [0.05, 0.1) is 6.04 Å². The van der Waals surface area contributed by atoms with E-state index in [-0.39, 0.29) is 5.41 Å². The van der Waals surface area contributed by atoms with Gasteiger partial charge in [0.1, 0.15) is 0 Å². The van der Waals surface area contributed by atoms with Crippen molar-refractivity contribution in [1.82, 2.24) is 5.32 Å². The van der Waals surface area contributed by atoms with Crippen molar-refractivity contribution in [2.45, 2.75) is 25.3 Å². The van der Waals surface area contributed by atoms with E-state index in [0.717, 1.165) is 6.54 Å². The largest absolute Gasteiger partial charge is 0.305 e. The molecule has 1 aliphatic heterocycles. The van der Waals surface area contributed by atoms with Crippen molar-refractivity contribution in [3.8, 4) is 0 Å². The second-order valence-electron chi connectivity index (χ2n) is 5.70. The summed E-state index contributed by atoms with van der Waals surface area (Å²) in [7, 11) is 0. The van der Waals surface area contributed by atoms with Crippen LogP contribution in [0, 0.1) is 0 Å². The van der Waals surface area contributed by atoms with Crippen LogP contribution in [0.15, 0.2) is 54.6 Å². The summed E-state index contributed by atoms with van der Waals surface area (Å²) in [4.78, 5) is 0. The molecule has 0 aliphatic carbocycles. The molecule has 2 aromatic rings. The van der Waals surface area contributed by atoms with Crippen LogP contribution in [0.2, 0.25) is 0 Å². The first-order chi connectivity index (χ1) is 8.68. The average molecular weight is 237 g/mol. The first-order valence-corrected chi connectivity index (χ1v) is 6.56. The normalized spacial score (nSPS) is 21.3. The Morgan fingerprint density at radius 3 is 2.39 bits per heavy atom. The Morgan fingerprint density at radius 1 is 0.944 bits per heavy atom. The highest BCUT2D eigenvalue weighted by Crippen LogP contribution is 2.36. The van der Waals surface area contributed by atoms with E-state index >= 15 is 0 Å². The molecule has 0 bridgehead atoms. The first-order valence-electron chi connectivity index (χ1n) is 6.56. The SMILES string of the molecule is CC1(C)CN[C@@H](c2ccccc2)c2ccccc21.